The minimum Gasteiger partial charge on any atom is -0.450 e. The number of benzene rings is 1. The van der Waals surface area contributed by atoms with Gasteiger partial charge in [0.1, 0.15) is 11.2 Å². The molecular formula is C26H29ClN8O2. The van der Waals surface area contributed by atoms with Crippen LogP contribution in [0.25, 0.3) is 28.1 Å². The van der Waals surface area contributed by atoms with Crippen molar-refractivity contribution >= 4 is 40.3 Å². The Morgan fingerprint density at radius 3 is 2.68 bits per heavy atom. The molecule has 0 fully saturated rings. The summed E-state index contributed by atoms with van der Waals surface area (Å²) in [6.07, 6.45) is 6.57. The molecule has 0 aliphatic carbocycles. The Morgan fingerprint density at radius 2 is 1.86 bits per heavy atom. The number of nitrogens with one attached hydrogen (secondary N) is 1. The largest absolute Gasteiger partial charge is 0.450 e. The summed E-state index contributed by atoms with van der Waals surface area (Å²) in [6.45, 7) is 5.30. The van der Waals surface area contributed by atoms with Crippen molar-refractivity contribution in [2.24, 2.45) is 0 Å². The molecule has 0 spiro atoms. The van der Waals surface area contributed by atoms with Crippen LogP contribution in [0, 0.1) is 0 Å². The van der Waals surface area contributed by atoms with Gasteiger partial charge < -0.3 is 24.8 Å². The molecule has 11 heteroatoms. The number of unbranched alkanes of at least 4 members (excludes halogenated alkanes) is 1. The molecule has 0 aliphatic heterocycles. The zero-order chi connectivity index (χ0) is 26.2. The van der Waals surface area contributed by atoms with Crippen LogP contribution in [0.5, 0.6) is 0 Å². The van der Waals surface area contributed by atoms with E-state index in [1.165, 1.54) is 0 Å². The summed E-state index contributed by atoms with van der Waals surface area (Å²) in [5.41, 5.74) is 10.7. The number of aryl methyl sites for hydroxylation is 1. The predicted octanol–water partition coefficient (Wildman–Crippen LogP) is 5.11. The van der Waals surface area contributed by atoms with Gasteiger partial charge in [-0.25, -0.2) is 14.8 Å². The topological polar surface area (TPSA) is 125 Å². The van der Waals surface area contributed by atoms with E-state index in [1.54, 1.807) is 6.33 Å². The van der Waals surface area contributed by atoms with E-state index < -0.39 is 6.09 Å². The van der Waals surface area contributed by atoms with Crippen LogP contribution in [0.3, 0.4) is 0 Å². The van der Waals surface area contributed by atoms with Crippen LogP contribution < -0.4 is 11.1 Å². The second-order valence-corrected chi connectivity index (χ2v) is 8.32. The molecule has 4 aromatic heterocycles. The minimum absolute atomic E-state index is 0.0839. The molecule has 0 bridgehead atoms. The van der Waals surface area contributed by atoms with E-state index in [1.807, 2.05) is 77.7 Å². The van der Waals surface area contributed by atoms with Crippen molar-refractivity contribution in [1.82, 2.24) is 34.2 Å². The summed E-state index contributed by atoms with van der Waals surface area (Å²) >= 11 is 5.89. The van der Waals surface area contributed by atoms with Gasteiger partial charge >= 0.3 is 6.09 Å². The average Bonchev–Trinajstić information content (AvgIpc) is 3.53. The number of carbonyl (C=O) groups is 1. The number of anilines is 1. The highest BCUT2D eigenvalue weighted by atomic mass is 35.5. The molecule has 0 unspecified atom stereocenters. The Bertz CT molecular complexity index is 1480. The molecule has 0 aliphatic rings. The smallest absolute Gasteiger partial charge is 0.407 e. The summed E-state index contributed by atoms with van der Waals surface area (Å²) in [4.78, 5) is 29.1. The van der Waals surface area contributed by atoms with Gasteiger partial charge in [-0.3, -0.25) is 0 Å². The molecule has 0 saturated carbocycles. The number of nitrogens with zero attached hydrogens (tertiary/aromatic N) is 6. The molecule has 10 nitrogen and oxygen atoms in total. The lowest BCUT2D eigenvalue weighted by molar-refractivity contribution is 0.143. The second kappa shape index (κ2) is 12.2. The molecule has 0 atom stereocenters. The first-order valence-corrected chi connectivity index (χ1v) is 12.5. The van der Waals surface area contributed by atoms with Crippen molar-refractivity contribution in [3.63, 3.8) is 0 Å². The fourth-order valence-electron chi connectivity index (χ4n) is 3.77. The molecule has 1 amide bonds. The van der Waals surface area contributed by atoms with Gasteiger partial charge in [0, 0.05) is 31.0 Å². The number of aromatic nitrogens is 6. The molecule has 192 valence electrons. The Hall–Kier alpha value is -4.18. The van der Waals surface area contributed by atoms with Crippen molar-refractivity contribution in [1.29, 1.82) is 0 Å². The van der Waals surface area contributed by atoms with Gasteiger partial charge in [-0.05, 0) is 36.1 Å². The molecule has 4 heterocycles. The number of nitrogens with two attached hydrogens (primary N) is 1. The fourth-order valence-corrected chi connectivity index (χ4v) is 3.94. The summed E-state index contributed by atoms with van der Waals surface area (Å²) in [5, 5.41) is 2.87. The Balaban J connectivity index is 0.00000156. The van der Waals surface area contributed by atoms with E-state index in [9.17, 15) is 4.79 Å². The number of nitrogen functional groups attached to an aromatic ring is 1. The number of rotatable bonds is 8. The molecule has 37 heavy (non-hydrogen) atoms. The maximum absolute atomic E-state index is 12.1. The SMILES string of the molecule is CC.Nc1nc(Cl)nc2c1ncn2CCCCOC(=O)NCc1ccc2nc(-c3ccccc3)cn2c1. The second-order valence-electron chi connectivity index (χ2n) is 7.98. The number of pyridine rings is 1. The minimum atomic E-state index is -0.457. The number of amides is 1. The first-order chi connectivity index (χ1) is 18.1. The number of fused-ring (bicyclic) bond motifs is 2. The third-order valence-corrected chi connectivity index (χ3v) is 5.68. The zero-order valence-corrected chi connectivity index (χ0v) is 21.5. The molecular weight excluding hydrogens is 492 g/mol. The van der Waals surface area contributed by atoms with Crippen LogP contribution in [-0.2, 0) is 17.8 Å². The normalized spacial score (nSPS) is 10.8. The molecule has 1 aromatic carbocycles. The van der Waals surface area contributed by atoms with Crippen LogP contribution in [-0.4, -0.2) is 41.6 Å². The zero-order valence-electron chi connectivity index (χ0n) is 20.8. The van der Waals surface area contributed by atoms with E-state index in [0.717, 1.165) is 28.9 Å². The van der Waals surface area contributed by atoms with Crippen LogP contribution >= 0.6 is 11.6 Å². The summed E-state index contributed by atoms with van der Waals surface area (Å²) in [7, 11) is 0. The molecule has 5 rings (SSSR count). The van der Waals surface area contributed by atoms with Crippen LogP contribution in [0.15, 0.2) is 61.2 Å². The highest BCUT2D eigenvalue weighted by molar-refractivity contribution is 6.28. The number of ether oxygens (including phenoxy) is 1. The van der Waals surface area contributed by atoms with E-state index in [-0.39, 0.29) is 11.1 Å². The summed E-state index contributed by atoms with van der Waals surface area (Å²) in [6, 6.07) is 13.9. The molecule has 3 N–H and O–H groups in total. The fraction of sp³-hybridized carbons (Fsp3) is 0.269. The third kappa shape index (κ3) is 6.34. The number of imidazole rings is 2. The monoisotopic (exact) mass is 520 g/mol. The third-order valence-electron chi connectivity index (χ3n) is 5.51. The van der Waals surface area contributed by atoms with Crippen LogP contribution in [0.1, 0.15) is 32.3 Å². The Morgan fingerprint density at radius 1 is 1.05 bits per heavy atom. The summed E-state index contributed by atoms with van der Waals surface area (Å²) < 4.78 is 9.11. The van der Waals surface area contributed by atoms with Crippen molar-refractivity contribution < 1.29 is 9.53 Å². The number of halogens is 1. The van der Waals surface area contributed by atoms with Crippen molar-refractivity contribution in [2.45, 2.75) is 39.8 Å². The van der Waals surface area contributed by atoms with Gasteiger partial charge in [-0.1, -0.05) is 50.2 Å². The van der Waals surface area contributed by atoms with E-state index in [2.05, 4.69) is 25.3 Å². The number of hydrogen-bond donors (Lipinski definition) is 2. The van der Waals surface area contributed by atoms with Crippen LogP contribution in [0.2, 0.25) is 5.28 Å². The quantitative estimate of drug-likeness (QED) is 0.215. The van der Waals surface area contributed by atoms with E-state index in [0.29, 0.717) is 37.3 Å². The van der Waals surface area contributed by atoms with Crippen LogP contribution in [0.4, 0.5) is 10.6 Å². The predicted molar refractivity (Wildman–Crippen MR) is 144 cm³/mol. The van der Waals surface area contributed by atoms with Gasteiger partial charge in [0.2, 0.25) is 5.28 Å². The van der Waals surface area contributed by atoms with E-state index in [4.69, 9.17) is 22.1 Å². The van der Waals surface area contributed by atoms with E-state index >= 15 is 0 Å². The first kappa shape index (κ1) is 25.9. The van der Waals surface area contributed by atoms with Crippen molar-refractivity contribution in [3.05, 3.63) is 72.0 Å². The molecule has 5 aromatic rings. The van der Waals surface area contributed by atoms with Gasteiger partial charge in [-0.15, -0.1) is 0 Å². The number of hydrogen-bond acceptors (Lipinski definition) is 7. The summed E-state index contributed by atoms with van der Waals surface area (Å²) in [5.74, 6) is 0.252. The standard InChI is InChI=1S/C24H23ClN8O2.C2H6/c25-23-30-21(26)20-22(31-23)32(15-28-20)10-4-5-11-35-24(34)27-12-16-8-9-19-29-18(14-33(19)13-16)17-6-2-1-3-7-17;1-2/h1-3,6-9,13-15H,4-5,10-12H2,(H,27,34)(H2,26,30,31);1-2H3. The lowest BCUT2D eigenvalue weighted by Gasteiger charge is -2.08. The van der Waals surface area contributed by atoms with Crippen molar-refractivity contribution in [3.8, 4) is 11.3 Å². The average molecular weight is 521 g/mol. The molecule has 0 saturated heterocycles. The number of carbonyl (C=O) groups excluding carboxylic acids is 1. The van der Waals surface area contributed by atoms with Gasteiger partial charge in [0.05, 0.1) is 18.6 Å². The Labute approximate surface area is 219 Å². The van der Waals surface area contributed by atoms with Gasteiger partial charge in [-0.2, -0.15) is 9.97 Å². The van der Waals surface area contributed by atoms with Gasteiger partial charge in [0.15, 0.2) is 11.5 Å². The molecule has 0 radical (unpaired) electrons. The number of alkyl carbamates (subject to hydrolysis) is 1. The van der Waals surface area contributed by atoms with Crippen molar-refractivity contribution in [2.75, 3.05) is 12.3 Å². The maximum Gasteiger partial charge on any atom is 0.407 e. The lowest BCUT2D eigenvalue weighted by atomic mass is 10.2. The Kier molecular flexibility index (Phi) is 8.52. The highest BCUT2D eigenvalue weighted by Crippen LogP contribution is 2.20. The first-order valence-electron chi connectivity index (χ1n) is 12.1. The highest BCUT2D eigenvalue weighted by Gasteiger charge is 2.10. The lowest BCUT2D eigenvalue weighted by Crippen LogP contribution is -2.24. The van der Waals surface area contributed by atoms with Gasteiger partial charge in [0.25, 0.3) is 0 Å². The maximum atomic E-state index is 12.1.